The van der Waals surface area contributed by atoms with Crippen molar-refractivity contribution in [1.82, 2.24) is 9.78 Å². The number of aromatic nitrogens is 2. The van der Waals surface area contributed by atoms with Crippen LogP contribution in [0.25, 0.3) is 16.9 Å². The van der Waals surface area contributed by atoms with Crippen molar-refractivity contribution < 1.29 is 4.79 Å². The molecule has 1 heterocycles. The van der Waals surface area contributed by atoms with Crippen molar-refractivity contribution in [3.63, 3.8) is 0 Å². The summed E-state index contributed by atoms with van der Waals surface area (Å²) >= 11 is 6.19. The second-order valence-electron chi connectivity index (χ2n) is 4.78. The molecule has 21 heavy (non-hydrogen) atoms. The zero-order chi connectivity index (χ0) is 14.8. The minimum atomic E-state index is 0.554. The van der Waals surface area contributed by atoms with Gasteiger partial charge in [-0.1, -0.05) is 48.0 Å². The van der Waals surface area contributed by atoms with Gasteiger partial charge in [0.2, 0.25) is 0 Å². The Hall–Kier alpha value is -2.39. The summed E-state index contributed by atoms with van der Waals surface area (Å²) < 4.78 is 1.74. The first-order valence-electron chi connectivity index (χ1n) is 6.56. The molecule has 0 aliphatic rings. The van der Waals surface area contributed by atoms with Crippen LogP contribution in [0.4, 0.5) is 0 Å². The molecule has 0 saturated carbocycles. The van der Waals surface area contributed by atoms with E-state index < -0.39 is 0 Å². The molecule has 0 bridgehead atoms. The molecule has 0 spiro atoms. The second-order valence-corrected chi connectivity index (χ2v) is 5.18. The van der Waals surface area contributed by atoms with Gasteiger partial charge in [0.1, 0.15) is 0 Å². The van der Waals surface area contributed by atoms with Crippen molar-refractivity contribution in [3.05, 3.63) is 70.9 Å². The monoisotopic (exact) mass is 296 g/mol. The van der Waals surface area contributed by atoms with Gasteiger partial charge >= 0.3 is 0 Å². The first kappa shape index (κ1) is 13.6. The van der Waals surface area contributed by atoms with Crippen LogP contribution in [0.2, 0.25) is 5.02 Å². The number of halogens is 1. The van der Waals surface area contributed by atoms with E-state index in [2.05, 4.69) is 5.10 Å². The van der Waals surface area contributed by atoms with E-state index in [1.807, 2.05) is 55.5 Å². The molecule has 0 radical (unpaired) electrons. The normalized spacial score (nSPS) is 10.6. The van der Waals surface area contributed by atoms with E-state index in [0.717, 1.165) is 28.8 Å². The summed E-state index contributed by atoms with van der Waals surface area (Å²) in [6.07, 6.45) is 2.39. The van der Waals surface area contributed by atoms with Gasteiger partial charge in [-0.25, -0.2) is 4.68 Å². The quantitative estimate of drug-likeness (QED) is 0.675. The van der Waals surface area contributed by atoms with E-state index in [-0.39, 0.29) is 0 Å². The lowest BCUT2D eigenvalue weighted by Crippen LogP contribution is -2.00. The van der Waals surface area contributed by atoms with Crippen molar-refractivity contribution in [2.45, 2.75) is 6.92 Å². The van der Waals surface area contributed by atoms with E-state index in [4.69, 9.17) is 11.6 Å². The average molecular weight is 297 g/mol. The molecule has 0 fully saturated rings. The van der Waals surface area contributed by atoms with Crippen molar-refractivity contribution in [3.8, 4) is 16.9 Å². The lowest BCUT2D eigenvalue weighted by atomic mass is 10.1. The van der Waals surface area contributed by atoms with Crippen LogP contribution < -0.4 is 0 Å². The number of rotatable bonds is 3. The summed E-state index contributed by atoms with van der Waals surface area (Å²) in [5.74, 6) is 0. The SMILES string of the molecule is Cc1ccc(-n2ncc(C=O)c2-c2ccccc2)cc1Cl. The molecule has 0 aliphatic heterocycles. The first-order valence-corrected chi connectivity index (χ1v) is 6.93. The number of carbonyl (C=O) groups excluding carboxylic acids is 1. The second kappa shape index (κ2) is 5.54. The number of hydrogen-bond acceptors (Lipinski definition) is 2. The summed E-state index contributed by atoms with van der Waals surface area (Å²) in [6, 6.07) is 15.4. The number of hydrogen-bond donors (Lipinski definition) is 0. The van der Waals surface area contributed by atoms with Crippen molar-refractivity contribution in [2.75, 3.05) is 0 Å². The van der Waals surface area contributed by atoms with E-state index in [1.165, 1.54) is 0 Å². The number of aryl methyl sites for hydroxylation is 1. The third kappa shape index (κ3) is 2.48. The van der Waals surface area contributed by atoms with Crippen molar-refractivity contribution in [1.29, 1.82) is 0 Å². The Balaban J connectivity index is 2.22. The summed E-state index contributed by atoms with van der Waals surface area (Å²) in [5, 5.41) is 5.01. The highest BCUT2D eigenvalue weighted by Gasteiger charge is 2.14. The molecule has 0 saturated heterocycles. The lowest BCUT2D eigenvalue weighted by Gasteiger charge is -2.10. The molecule has 2 aromatic carbocycles. The average Bonchev–Trinajstić information content (AvgIpc) is 2.95. The molecule has 0 aliphatic carbocycles. The predicted molar refractivity (Wildman–Crippen MR) is 84.1 cm³/mol. The molecule has 0 amide bonds. The number of carbonyl (C=O) groups is 1. The van der Waals surface area contributed by atoms with Gasteiger partial charge in [-0.15, -0.1) is 0 Å². The van der Waals surface area contributed by atoms with Crippen LogP contribution in [0.3, 0.4) is 0 Å². The summed E-state index contributed by atoms with van der Waals surface area (Å²) in [5.41, 5.74) is 4.10. The number of benzene rings is 2. The van der Waals surface area contributed by atoms with Crippen LogP contribution >= 0.6 is 11.6 Å². The third-order valence-electron chi connectivity index (χ3n) is 3.37. The summed E-state index contributed by atoms with van der Waals surface area (Å²) in [7, 11) is 0. The molecule has 4 heteroatoms. The van der Waals surface area contributed by atoms with E-state index in [9.17, 15) is 4.79 Å². The Morgan fingerprint density at radius 1 is 1.14 bits per heavy atom. The molecular weight excluding hydrogens is 284 g/mol. The standard InChI is InChI=1S/C17H13ClN2O/c1-12-7-8-15(9-16(12)18)20-17(14(11-21)10-19-20)13-5-3-2-4-6-13/h2-11H,1H3. The Kier molecular flexibility index (Phi) is 3.59. The fourth-order valence-corrected chi connectivity index (χ4v) is 2.42. The smallest absolute Gasteiger partial charge is 0.153 e. The highest BCUT2D eigenvalue weighted by molar-refractivity contribution is 6.31. The highest BCUT2D eigenvalue weighted by atomic mass is 35.5. The summed E-state index contributed by atoms with van der Waals surface area (Å²) in [4.78, 5) is 11.3. The van der Waals surface area contributed by atoms with E-state index in [0.29, 0.717) is 10.6 Å². The van der Waals surface area contributed by atoms with Gasteiger partial charge in [-0.05, 0) is 24.6 Å². The minimum absolute atomic E-state index is 0.554. The Labute approximate surface area is 127 Å². The maximum atomic E-state index is 11.3. The van der Waals surface area contributed by atoms with Crippen molar-refractivity contribution in [2.24, 2.45) is 0 Å². The van der Waals surface area contributed by atoms with Crippen LogP contribution in [0.5, 0.6) is 0 Å². The predicted octanol–water partition coefficient (Wildman–Crippen LogP) is 4.31. The van der Waals surface area contributed by atoms with Crippen molar-refractivity contribution >= 4 is 17.9 Å². The molecule has 104 valence electrons. The molecular formula is C17H13ClN2O. The first-order chi connectivity index (χ1) is 10.2. The molecule has 0 unspecified atom stereocenters. The van der Waals surface area contributed by atoms with E-state index >= 15 is 0 Å². The zero-order valence-corrected chi connectivity index (χ0v) is 12.2. The van der Waals surface area contributed by atoms with Gasteiger partial charge in [0.15, 0.2) is 6.29 Å². The fraction of sp³-hybridized carbons (Fsp3) is 0.0588. The van der Waals surface area contributed by atoms with Crippen LogP contribution in [-0.4, -0.2) is 16.1 Å². The Morgan fingerprint density at radius 3 is 2.57 bits per heavy atom. The maximum Gasteiger partial charge on any atom is 0.153 e. The topological polar surface area (TPSA) is 34.9 Å². The van der Waals surface area contributed by atoms with Gasteiger partial charge < -0.3 is 0 Å². The van der Waals surface area contributed by atoms with Gasteiger partial charge in [-0.3, -0.25) is 4.79 Å². The Bertz CT molecular complexity index is 794. The van der Waals surface area contributed by atoms with Gasteiger partial charge in [0.05, 0.1) is 23.1 Å². The molecule has 0 atom stereocenters. The molecule has 0 N–H and O–H groups in total. The van der Waals surface area contributed by atoms with Crippen LogP contribution in [0.15, 0.2) is 54.7 Å². The van der Waals surface area contributed by atoms with E-state index in [1.54, 1.807) is 10.9 Å². The molecule has 1 aromatic heterocycles. The molecule has 3 rings (SSSR count). The summed E-state index contributed by atoms with van der Waals surface area (Å²) in [6.45, 7) is 1.95. The number of aldehydes is 1. The minimum Gasteiger partial charge on any atom is -0.298 e. The van der Waals surface area contributed by atoms with Crippen LogP contribution in [0.1, 0.15) is 15.9 Å². The Morgan fingerprint density at radius 2 is 1.90 bits per heavy atom. The number of nitrogens with zero attached hydrogens (tertiary/aromatic N) is 2. The van der Waals surface area contributed by atoms with Crippen LogP contribution in [-0.2, 0) is 0 Å². The fourth-order valence-electron chi connectivity index (χ4n) is 2.24. The third-order valence-corrected chi connectivity index (χ3v) is 3.78. The lowest BCUT2D eigenvalue weighted by molar-refractivity contribution is 0.112. The highest BCUT2D eigenvalue weighted by Crippen LogP contribution is 2.27. The zero-order valence-electron chi connectivity index (χ0n) is 11.5. The van der Waals surface area contributed by atoms with Gasteiger partial charge in [0, 0.05) is 10.6 Å². The largest absolute Gasteiger partial charge is 0.298 e. The van der Waals surface area contributed by atoms with Gasteiger partial charge in [-0.2, -0.15) is 5.10 Å². The van der Waals surface area contributed by atoms with Crippen LogP contribution in [0, 0.1) is 6.92 Å². The maximum absolute atomic E-state index is 11.3. The molecule has 3 nitrogen and oxygen atoms in total. The molecule has 3 aromatic rings. The van der Waals surface area contributed by atoms with Gasteiger partial charge in [0.25, 0.3) is 0 Å².